The van der Waals surface area contributed by atoms with E-state index in [0.717, 1.165) is 37.3 Å². The van der Waals surface area contributed by atoms with E-state index in [0.29, 0.717) is 23.8 Å². The Balaban J connectivity index is 1.29. The number of carboxylic acid groups (broad SMARTS) is 1. The highest BCUT2D eigenvalue weighted by Crippen LogP contribution is 2.54. The molecule has 3 fully saturated rings. The van der Waals surface area contributed by atoms with Crippen molar-refractivity contribution in [1.82, 2.24) is 10.6 Å². The Kier molecular flexibility index (Phi) is 7.54. The van der Waals surface area contributed by atoms with Gasteiger partial charge >= 0.3 is 5.97 Å². The Morgan fingerprint density at radius 2 is 1.74 bits per heavy atom. The molecule has 8 heteroatoms. The minimum atomic E-state index is -1.18. The number of aromatic carboxylic acids is 1. The lowest BCUT2D eigenvalue weighted by Crippen LogP contribution is -2.49. The van der Waals surface area contributed by atoms with Crippen LogP contribution >= 0.6 is 0 Å². The number of fused-ring (bicyclic) bond motifs is 2. The molecule has 7 nitrogen and oxygen atoms in total. The quantitative estimate of drug-likeness (QED) is 0.291. The molecule has 3 saturated carbocycles. The van der Waals surface area contributed by atoms with Crippen LogP contribution in [-0.2, 0) is 11.3 Å². The first-order valence-corrected chi connectivity index (χ1v) is 14.4. The third kappa shape index (κ3) is 5.41. The fraction of sp³-hybridized carbons (Fsp3) is 0.324. The van der Waals surface area contributed by atoms with E-state index in [9.17, 15) is 23.9 Å². The number of carbonyl (C=O) groups is 3. The van der Waals surface area contributed by atoms with Gasteiger partial charge in [-0.25, -0.2) is 9.18 Å². The summed E-state index contributed by atoms with van der Waals surface area (Å²) in [6.07, 6.45) is 6.48. The summed E-state index contributed by atoms with van der Waals surface area (Å²) in [7, 11) is 1.45. The first kappa shape index (κ1) is 27.7. The number of hydrogen-bond donors (Lipinski definition) is 3. The van der Waals surface area contributed by atoms with E-state index in [1.54, 1.807) is 12.1 Å². The molecule has 3 aromatic rings. The standard InChI is InChI=1S/C34H33FN2O5/c1-42-29-14-10-21(25-17-22(34(40)41)9-13-28(25)35)16-27(29)32(38)37-31-24-12-11-23(26(24)15-19-7-8-19)30(31)33(39)36-18-20-5-3-2-4-6-20/h2-6,9-10,13-17,19,23-24,30-31H,7-8,11-12,18H2,1H3,(H,36,39)(H,37,38)(H,40,41)/b26-15-/t23?,24?,30-,31+/m0/s1. The number of carboxylic acids is 1. The number of halogens is 1. The van der Waals surface area contributed by atoms with Gasteiger partial charge in [0.15, 0.2) is 0 Å². The zero-order valence-electron chi connectivity index (χ0n) is 23.3. The minimum absolute atomic E-state index is 0.0606. The van der Waals surface area contributed by atoms with Gasteiger partial charge in [0.2, 0.25) is 5.91 Å². The summed E-state index contributed by atoms with van der Waals surface area (Å²) in [6.45, 7) is 0.409. The Labute approximate surface area is 243 Å². The highest BCUT2D eigenvalue weighted by Gasteiger charge is 2.55. The number of nitrogens with one attached hydrogen (secondary N) is 2. The molecule has 42 heavy (non-hydrogen) atoms. The van der Waals surface area contributed by atoms with E-state index < -0.39 is 29.7 Å². The second-order valence-corrected chi connectivity index (χ2v) is 11.4. The SMILES string of the molecule is COc1ccc(-c2cc(C(=O)O)ccc2F)cc1C(=O)N[C@@H]1C2CCC(/C2=C/C2CC2)[C@@H]1C(=O)NCc1ccccc1. The van der Waals surface area contributed by atoms with Gasteiger partial charge in [-0.1, -0.05) is 48.0 Å². The lowest BCUT2D eigenvalue weighted by atomic mass is 9.83. The average Bonchev–Trinajstić information content (AvgIpc) is 3.68. The monoisotopic (exact) mass is 568 g/mol. The molecule has 3 aromatic carbocycles. The molecule has 0 spiro atoms. The van der Waals surface area contributed by atoms with Crippen LogP contribution in [0.4, 0.5) is 4.39 Å². The van der Waals surface area contributed by atoms with Crippen molar-refractivity contribution in [3.05, 3.63) is 101 Å². The van der Waals surface area contributed by atoms with E-state index in [2.05, 4.69) is 16.7 Å². The summed E-state index contributed by atoms with van der Waals surface area (Å²) >= 11 is 0. The molecular weight excluding hydrogens is 535 g/mol. The minimum Gasteiger partial charge on any atom is -0.496 e. The van der Waals surface area contributed by atoms with Crippen LogP contribution in [0.25, 0.3) is 11.1 Å². The van der Waals surface area contributed by atoms with Gasteiger partial charge in [0.1, 0.15) is 11.6 Å². The van der Waals surface area contributed by atoms with Crippen LogP contribution in [0.1, 0.15) is 52.0 Å². The molecule has 2 amide bonds. The first-order valence-electron chi connectivity index (χ1n) is 14.4. The maximum atomic E-state index is 14.8. The number of amides is 2. The second kappa shape index (κ2) is 11.4. The first-order chi connectivity index (χ1) is 20.3. The zero-order valence-corrected chi connectivity index (χ0v) is 23.3. The summed E-state index contributed by atoms with van der Waals surface area (Å²) in [4.78, 5) is 39.0. The van der Waals surface area contributed by atoms with Gasteiger partial charge in [-0.15, -0.1) is 0 Å². The summed E-state index contributed by atoms with van der Waals surface area (Å²) in [6, 6.07) is 17.6. The highest BCUT2D eigenvalue weighted by atomic mass is 19.1. The molecule has 0 radical (unpaired) electrons. The topological polar surface area (TPSA) is 105 Å². The molecule has 3 N–H and O–H groups in total. The van der Waals surface area contributed by atoms with Gasteiger partial charge in [-0.2, -0.15) is 0 Å². The molecule has 4 atom stereocenters. The Morgan fingerprint density at radius 1 is 0.976 bits per heavy atom. The van der Waals surface area contributed by atoms with E-state index in [4.69, 9.17) is 4.74 Å². The van der Waals surface area contributed by atoms with E-state index >= 15 is 0 Å². The molecule has 0 aromatic heterocycles. The van der Waals surface area contributed by atoms with Crippen LogP contribution in [0.15, 0.2) is 78.4 Å². The van der Waals surface area contributed by atoms with Crippen molar-refractivity contribution in [2.75, 3.05) is 7.11 Å². The van der Waals surface area contributed by atoms with Crippen molar-refractivity contribution in [1.29, 1.82) is 0 Å². The number of methoxy groups -OCH3 is 1. The third-order valence-corrected chi connectivity index (χ3v) is 8.83. The van der Waals surface area contributed by atoms with Crippen molar-refractivity contribution in [2.24, 2.45) is 23.7 Å². The fourth-order valence-electron chi connectivity index (χ4n) is 6.62. The number of carbonyl (C=O) groups excluding carboxylic acids is 2. The molecule has 2 unspecified atom stereocenters. The lowest BCUT2D eigenvalue weighted by Gasteiger charge is -2.30. The molecule has 216 valence electrons. The van der Waals surface area contributed by atoms with Crippen molar-refractivity contribution in [3.63, 3.8) is 0 Å². The Hall–Kier alpha value is -4.46. The van der Waals surface area contributed by atoms with Gasteiger partial charge in [0, 0.05) is 24.1 Å². The van der Waals surface area contributed by atoms with Crippen molar-refractivity contribution < 1.29 is 28.6 Å². The van der Waals surface area contributed by atoms with Crippen LogP contribution in [0, 0.1) is 29.5 Å². The van der Waals surface area contributed by atoms with Crippen molar-refractivity contribution in [3.8, 4) is 16.9 Å². The second-order valence-electron chi connectivity index (χ2n) is 11.4. The summed E-state index contributed by atoms with van der Waals surface area (Å²) in [5.74, 6) is -1.67. The fourth-order valence-corrected chi connectivity index (χ4v) is 6.62. The van der Waals surface area contributed by atoms with Crippen LogP contribution in [0.5, 0.6) is 5.75 Å². The third-order valence-electron chi connectivity index (χ3n) is 8.83. The zero-order chi connectivity index (χ0) is 29.4. The molecule has 6 rings (SSSR count). The van der Waals surface area contributed by atoms with Crippen LogP contribution < -0.4 is 15.4 Å². The smallest absolute Gasteiger partial charge is 0.335 e. The number of rotatable bonds is 9. The average molecular weight is 569 g/mol. The van der Waals surface area contributed by atoms with Gasteiger partial charge in [-0.3, -0.25) is 9.59 Å². The lowest BCUT2D eigenvalue weighted by molar-refractivity contribution is -0.127. The van der Waals surface area contributed by atoms with Crippen molar-refractivity contribution >= 4 is 17.8 Å². The van der Waals surface area contributed by atoms with Crippen LogP contribution in [0.2, 0.25) is 0 Å². The maximum Gasteiger partial charge on any atom is 0.335 e. The van der Waals surface area contributed by atoms with E-state index in [1.165, 1.54) is 30.9 Å². The molecular formula is C34H33FN2O5. The maximum absolute atomic E-state index is 14.8. The molecule has 0 aliphatic heterocycles. The summed E-state index contributed by atoms with van der Waals surface area (Å²) in [5, 5.41) is 15.7. The van der Waals surface area contributed by atoms with Crippen LogP contribution in [0.3, 0.4) is 0 Å². The van der Waals surface area contributed by atoms with Gasteiger partial charge in [0.25, 0.3) is 5.91 Å². The van der Waals surface area contributed by atoms with Gasteiger partial charge in [-0.05, 0) is 79.0 Å². The number of benzene rings is 3. The van der Waals surface area contributed by atoms with Gasteiger partial charge < -0.3 is 20.5 Å². The highest BCUT2D eigenvalue weighted by molar-refractivity contribution is 5.99. The number of hydrogen-bond acceptors (Lipinski definition) is 4. The van der Waals surface area contributed by atoms with Crippen molar-refractivity contribution in [2.45, 2.75) is 38.3 Å². The number of allylic oxidation sites excluding steroid dienone is 1. The number of ether oxygens (including phenoxy) is 1. The Bertz CT molecular complexity index is 1570. The van der Waals surface area contributed by atoms with Crippen LogP contribution in [-0.4, -0.2) is 36.0 Å². The Morgan fingerprint density at radius 3 is 2.45 bits per heavy atom. The molecule has 2 bridgehead atoms. The predicted molar refractivity (Wildman–Crippen MR) is 155 cm³/mol. The predicted octanol–water partition coefficient (Wildman–Crippen LogP) is 5.61. The summed E-state index contributed by atoms with van der Waals surface area (Å²) in [5.41, 5.74) is 2.84. The molecule has 0 heterocycles. The largest absolute Gasteiger partial charge is 0.496 e. The normalized spacial score (nSPS) is 23.5. The molecule has 0 saturated heterocycles. The molecule has 3 aliphatic carbocycles. The van der Waals surface area contributed by atoms with E-state index in [-0.39, 0.29) is 34.4 Å². The summed E-state index contributed by atoms with van der Waals surface area (Å²) < 4.78 is 20.3. The molecule has 3 aliphatic rings. The van der Waals surface area contributed by atoms with E-state index in [1.807, 2.05) is 30.3 Å². The van der Waals surface area contributed by atoms with Gasteiger partial charge in [0.05, 0.1) is 24.2 Å².